The van der Waals surface area contributed by atoms with Crippen LogP contribution in [0.2, 0.25) is 0 Å². The zero-order valence-corrected chi connectivity index (χ0v) is 15.1. The van der Waals surface area contributed by atoms with Crippen molar-refractivity contribution in [3.8, 4) is 0 Å². The van der Waals surface area contributed by atoms with Crippen molar-refractivity contribution in [2.45, 2.75) is 19.5 Å². The molecule has 2 heterocycles. The van der Waals surface area contributed by atoms with Gasteiger partial charge in [0, 0.05) is 18.3 Å². The van der Waals surface area contributed by atoms with E-state index in [-0.39, 0.29) is 24.3 Å². The molecule has 0 saturated carbocycles. The summed E-state index contributed by atoms with van der Waals surface area (Å²) in [7, 11) is 0. The molecule has 0 saturated heterocycles. The Morgan fingerprint density at radius 2 is 1.61 bits per heavy atom. The van der Waals surface area contributed by atoms with Crippen LogP contribution in [-0.4, -0.2) is 14.1 Å². The van der Waals surface area contributed by atoms with E-state index in [0.717, 1.165) is 5.56 Å². The molecular weight excluding hydrogens is 357 g/mol. The lowest BCUT2D eigenvalue weighted by Crippen LogP contribution is -2.41. The third kappa shape index (κ3) is 3.36. The zero-order chi connectivity index (χ0) is 19.5. The minimum atomic E-state index is -0.490. The molecular formula is C22H18FN3O2. The number of rotatable bonds is 5. The largest absolute Gasteiger partial charge is 0.332 e. The van der Waals surface area contributed by atoms with Crippen LogP contribution < -0.4 is 11.2 Å². The molecule has 0 aliphatic carbocycles. The Bertz CT molecular complexity index is 1250. The van der Waals surface area contributed by atoms with Crippen molar-refractivity contribution in [1.29, 1.82) is 0 Å². The van der Waals surface area contributed by atoms with Crippen molar-refractivity contribution in [2.75, 3.05) is 0 Å². The Labute approximate surface area is 160 Å². The second-order valence-electron chi connectivity index (χ2n) is 6.53. The van der Waals surface area contributed by atoms with Crippen LogP contribution in [0.25, 0.3) is 11.0 Å². The number of pyridine rings is 1. The van der Waals surface area contributed by atoms with Crippen LogP contribution >= 0.6 is 0 Å². The fraction of sp³-hybridized carbons (Fsp3) is 0.136. The Kier molecular flexibility index (Phi) is 4.85. The molecule has 0 radical (unpaired) electrons. The summed E-state index contributed by atoms with van der Waals surface area (Å²) in [6.45, 7) is 0.244. The Morgan fingerprint density at radius 3 is 2.39 bits per heavy atom. The van der Waals surface area contributed by atoms with E-state index in [9.17, 15) is 14.0 Å². The Hall–Kier alpha value is -3.54. The standard InChI is InChI=1S/C22H18FN3O2/c23-19-11-5-4-9-17(19)15-26-20-18(10-6-13-24-20)21(27)25(22(26)28)14-12-16-7-2-1-3-8-16/h1-11,13H,12,14-15H2. The number of hydrogen-bond donors (Lipinski definition) is 0. The minimum Gasteiger partial charge on any atom is -0.273 e. The van der Waals surface area contributed by atoms with E-state index in [4.69, 9.17) is 0 Å². The lowest BCUT2D eigenvalue weighted by molar-refractivity contribution is 0.566. The van der Waals surface area contributed by atoms with Crippen LogP contribution in [0.4, 0.5) is 4.39 Å². The van der Waals surface area contributed by atoms with Crippen LogP contribution in [0.1, 0.15) is 11.1 Å². The van der Waals surface area contributed by atoms with Gasteiger partial charge in [-0.15, -0.1) is 0 Å². The minimum absolute atomic E-state index is 0.00460. The van der Waals surface area contributed by atoms with Crippen LogP contribution in [0.5, 0.6) is 0 Å². The lowest BCUT2D eigenvalue weighted by atomic mass is 10.1. The van der Waals surface area contributed by atoms with Crippen molar-refractivity contribution >= 4 is 11.0 Å². The summed E-state index contributed by atoms with van der Waals surface area (Å²) in [4.78, 5) is 30.2. The van der Waals surface area contributed by atoms with Crippen molar-refractivity contribution in [3.05, 3.63) is 111 Å². The monoisotopic (exact) mass is 375 g/mol. The van der Waals surface area contributed by atoms with E-state index >= 15 is 0 Å². The second-order valence-corrected chi connectivity index (χ2v) is 6.53. The highest BCUT2D eigenvalue weighted by Gasteiger charge is 2.15. The van der Waals surface area contributed by atoms with Crippen molar-refractivity contribution in [1.82, 2.24) is 14.1 Å². The summed E-state index contributed by atoms with van der Waals surface area (Å²) < 4.78 is 16.7. The van der Waals surface area contributed by atoms with Crippen molar-refractivity contribution in [3.63, 3.8) is 0 Å². The predicted octanol–water partition coefficient (Wildman–Crippen LogP) is 2.99. The second kappa shape index (κ2) is 7.60. The number of hydrogen-bond acceptors (Lipinski definition) is 3. The quantitative estimate of drug-likeness (QED) is 0.539. The maximum Gasteiger partial charge on any atom is 0.332 e. The van der Waals surface area contributed by atoms with E-state index in [1.807, 2.05) is 30.3 Å². The van der Waals surface area contributed by atoms with E-state index in [1.165, 1.54) is 21.4 Å². The van der Waals surface area contributed by atoms with Crippen molar-refractivity contribution < 1.29 is 4.39 Å². The number of nitrogens with zero attached hydrogens (tertiary/aromatic N) is 3. The fourth-order valence-electron chi connectivity index (χ4n) is 3.27. The molecule has 28 heavy (non-hydrogen) atoms. The zero-order valence-electron chi connectivity index (χ0n) is 15.1. The molecule has 5 nitrogen and oxygen atoms in total. The van der Waals surface area contributed by atoms with Crippen LogP contribution in [0, 0.1) is 5.82 Å². The SMILES string of the molecule is O=c1c2cccnc2n(Cc2ccccc2F)c(=O)n1CCc1ccccc1. The van der Waals surface area contributed by atoms with Gasteiger partial charge in [-0.1, -0.05) is 48.5 Å². The van der Waals surface area contributed by atoms with E-state index < -0.39 is 11.5 Å². The normalized spacial score (nSPS) is 11.0. The maximum absolute atomic E-state index is 14.2. The molecule has 0 aliphatic heterocycles. The van der Waals surface area contributed by atoms with Gasteiger partial charge in [-0.05, 0) is 30.2 Å². The molecule has 0 bridgehead atoms. The van der Waals surface area contributed by atoms with Crippen LogP contribution in [-0.2, 0) is 19.5 Å². The summed E-state index contributed by atoms with van der Waals surface area (Å²) in [6.07, 6.45) is 2.06. The number of fused-ring (bicyclic) bond motifs is 1. The molecule has 0 aliphatic rings. The maximum atomic E-state index is 14.2. The fourth-order valence-corrected chi connectivity index (χ4v) is 3.27. The third-order valence-corrected chi connectivity index (χ3v) is 4.73. The van der Waals surface area contributed by atoms with Gasteiger partial charge in [0.25, 0.3) is 5.56 Å². The van der Waals surface area contributed by atoms with Gasteiger partial charge in [0.05, 0.1) is 11.9 Å². The summed E-state index contributed by atoms with van der Waals surface area (Å²) in [5.74, 6) is -0.402. The summed E-state index contributed by atoms with van der Waals surface area (Å²) >= 11 is 0. The summed E-state index contributed by atoms with van der Waals surface area (Å²) in [6, 6.07) is 19.2. The molecule has 0 spiro atoms. The van der Waals surface area contributed by atoms with Crippen LogP contribution in [0.3, 0.4) is 0 Å². The molecule has 4 aromatic rings. The average molecular weight is 375 g/mol. The lowest BCUT2D eigenvalue weighted by Gasteiger charge is -2.14. The van der Waals surface area contributed by atoms with E-state index in [0.29, 0.717) is 17.4 Å². The van der Waals surface area contributed by atoms with Crippen molar-refractivity contribution in [2.24, 2.45) is 0 Å². The molecule has 0 N–H and O–H groups in total. The van der Waals surface area contributed by atoms with Gasteiger partial charge in [0.2, 0.25) is 0 Å². The van der Waals surface area contributed by atoms with Crippen LogP contribution in [0.15, 0.2) is 82.5 Å². The first-order valence-corrected chi connectivity index (χ1v) is 9.01. The number of benzene rings is 2. The predicted molar refractivity (Wildman–Crippen MR) is 106 cm³/mol. The number of aryl methyl sites for hydroxylation is 1. The molecule has 0 fully saturated rings. The van der Waals surface area contributed by atoms with Gasteiger partial charge in [0.1, 0.15) is 11.5 Å². The number of halogens is 1. The summed E-state index contributed by atoms with van der Waals surface area (Å²) in [5.41, 5.74) is 0.784. The smallest absolute Gasteiger partial charge is 0.273 e. The molecule has 6 heteroatoms. The van der Waals surface area contributed by atoms with E-state index in [2.05, 4.69) is 4.98 Å². The molecule has 2 aromatic carbocycles. The van der Waals surface area contributed by atoms with Gasteiger partial charge in [-0.3, -0.25) is 13.9 Å². The molecule has 140 valence electrons. The molecule has 0 amide bonds. The summed E-state index contributed by atoms with van der Waals surface area (Å²) in [5, 5.41) is 0.339. The topological polar surface area (TPSA) is 56.9 Å². The molecule has 2 aromatic heterocycles. The van der Waals surface area contributed by atoms with Gasteiger partial charge in [0.15, 0.2) is 0 Å². The Morgan fingerprint density at radius 1 is 0.857 bits per heavy atom. The highest BCUT2D eigenvalue weighted by atomic mass is 19.1. The first-order chi connectivity index (χ1) is 13.6. The third-order valence-electron chi connectivity index (χ3n) is 4.73. The van der Waals surface area contributed by atoms with Gasteiger partial charge >= 0.3 is 5.69 Å². The molecule has 0 unspecified atom stereocenters. The molecule has 0 atom stereocenters. The van der Waals surface area contributed by atoms with Gasteiger partial charge in [-0.2, -0.15) is 0 Å². The average Bonchev–Trinajstić information content (AvgIpc) is 2.73. The first kappa shape index (κ1) is 17.9. The molecule has 4 rings (SSSR count). The Balaban J connectivity index is 1.83. The van der Waals surface area contributed by atoms with Gasteiger partial charge < -0.3 is 0 Å². The van der Waals surface area contributed by atoms with Gasteiger partial charge in [-0.25, -0.2) is 14.2 Å². The number of aromatic nitrogens is 3. The highest BCUT2D eigenvalue weighted by Crippen LogP contribution is 2.11. The first-order valence-electron chi connectivity index (χ1n) is 9.01. The van der Waals surface area contributed by atoms with E-state index in [1.54, 1.807) is 30.3 Å². The highest BCUT2D eigenvalue weighted by molar-refractivity contribution is 5.73.